The molecule has 328 valence electrons. The second kappa shape index (κ2) is 44.2. The van der Waals surface area contributed by atoms with Crippen molar-refractivity contribution in [1.82, 2.24) is 5.32 Å². The zero-order chi connectivity index (χ0) is 40.3. The number of hydrogen-bond donors (Lipinski definition) is 5. The normalized spacial score (nSPS) is 14.1. The van der Waals surface area contributed by atoms with Crippen molar-refractivity contribution >= 4 is 5.91 Å². The molecular formula is C49H97NO5. The molecule has 6 nitrogen and oxygen atoms in total. The minimum absolute atomic E-state index is 0.367. The van der Waals surface area contributed by atoms with Gasteiger partial charge in [-0.05, 0) is 38.5 Å². The number of carbonyl (C=O) groups is 1. The van der Waals surface area contributed by atoms with E-state index in [1.54, 1.807) is 0 Å². The molecular weight excluding hydrogens is 683 g/mol. The summed E-state index contributed by atoms with van der Waals surface area (Å²) in [5.41, 5.74) is 0. The van der Waals surface area contributed by atoms with E-state index in [1.165, 1.54) is 199 Å². The highest BCUT2D eigenvalue weighted by Gasteiger charge is 2.28. The Morgan fingerprint density at radius 2 is 0.727 bits per heavy atom. The second-order valence-corrected chi connectivity index (χ2v) is 17.2. The number of unbranched alkanes of at least 4 members (excludes halogenated alkanes) is 34. The van der Waals surface area contributed by atoms with E-state index < -0.39 is 36.9 Å². The lowest BCUT2D eigenvalue weighted by atomic mass is 9.99. The maximum absolute atomic E-state index is 12.5. The number of allylic oxidation sites excluding steroid dienone is 2. The van der Waals surface area contributed by atoms with E-state index in [0.29, 0.717) is 12.8 Å². The van der Waals surface area contributed by atoms with Gasteiger partial charge in [0, 0.05) is 0 Å². The zero-order valence-corrected chi connectivity index (χ0v) is 36.9. The standard InChI is InChI=1S/C49H97NO5/c1-3-5-7-9-11-13-15-17-19-21-22-23-24-25-26-27-29-31-33-35-37-39-41-43-47(53)49(55)50-45(44-51)48(54)46(52)42-40-38-36-34-32-30-28-20-18-16-14-12-10-8-6-4-2/h25-26,45-48,51-54H,3-24,27-44H2,1-2H3,(H,50,55)/b26-25-. The lowest BCUT2D eigenvalue weighted by Crippen LogP contribution is -2.53. The Labute approximate surface area is 342 Å². The van der Waals surface area contributed by atoms with Gasteiger partial charge >= 0.3 is 0 Å². The first-order chi connectivity index (χ1) is 27.0. The average Bonchev–Trinajstić information content (AvgIpc) is 3.19. The summed E-state index contributed by atoms with van der Waals surface area (Å²) in [5, 5.41) is 43.8. The Kier molecular flexibility index (Phi) is 43.4. The molecule has 55 heavy (non-hydrogen) atoms. The topological polar surface area (TPSA) is 110 Å². The third-order valence-electron chi connectivity index (χ3n) is 11.7. The highest BCUT2D eigenvalue weighted by Crippen LogP contribution is 2.17. The molecule has 0 spiro atoms. The van der Waals surface area contributed by atoms with Crippen LogP contribution in [0.3, 0.4) is 0 Å². The van der Waals surface area contributed by atoms with Crippen molar-refractivity contribution in [3.63, 3.8) is 0 Å². The van der Waals surface area contributed by atoms with Crippen LogP contribution in [0.1, 0.15) is 264 Å². The van der Waals surface area contributed by atoms with Crippen molar-refractivity contribution in [3.05, 3.63) is 12.2 Å². The third-order valence-corrected chi connectivity index (χ3v) is 11.7. The lowest BCUT2D eigenvalue weighted by molar-refractivity contribution is -0.132. The quantitative estimate of drug-likeness (QED) is 0.0312. The predicted octanol–water partition coefficient (Wildman–Crippen LogP) is 13.4. The van der Waals surface area contributed by atoms with E-state index >= 15 is 0 Å². The Morgan fingerprint density at radius 3 is 1.05 bits per heavy atom. The van der Waals surface area contributed by atoms with Gasteiger partial charge in [-0.2, -0.15) is 0 Å². The van der Waals surface area contributed by atoms with E-state index in [1.807, 2.05) is 0 Å². The Bertz CT molecular complexity index is 791. The van der Waals surface area contributed by atoms with Gasteiger partial charge in [-0.1, -0.05) is 238 Å². The van der Waals surface area contributed by atoms with Gasteiger partial charge in [0.25, 0.3) is 0 Å². The summed E-state index contributed by atoms with van der Waals surface area (Å²) in [4.78, 5) is 12.5. The minimum atomic E-state index is -1.26. The summed E-state index contributed by atoms with van der Waals surface area (Å²) < 4.78 is 0. The molecule has 0 fully saturated rings. The van der Waals surface area contributed by atoms with Gasteiger partial charge in [-0.3, -0.25) is 4.79 Å². The molecule has 0 saturated carbocycles. The Hall–Kier alpha value is -0.950. The molecule has 4 atom stereocenters. The van der Waals surface area contributed by atoms with Crippen molar-refractivity contribution in [2.45, 2.75) is 289 Å². The molecule has 0 radical (unpaired) electrons. The third kappa shape index (κ3) is 38.3. The molecule has 0 aliphatic carbocycles. The molecule has 0 aliphatic rings. The average molecular weight is 780 g/mol. The van der Waals surface area contributed by atoms with Gasteiger partial charge in [-0.25, -0.2) is 0 Å². The van der Waals surface area contributed by atoms with Crippen LogP contribution in [0.4, 0.5) is 0 Å². The van der Waals surface area contributed by atoms with Crippen molar-refractivity contribution in [2.24, 2.45) is 0 Å². The van der Waals surface area contributed by atoms with Gasteiger partial charge in [0.05, 0.1) is 18.8 Å². The number of hydrogen-bond acceptors (Lipinski definition) is 5. The Morgan fingerprint density at radius 1 is 0.436 bits per heavy atom. The maximum Gasteiger partial charge on any atom is 0.249 e. The first-order valence-electron chi connectivity index (χ1n) is 24.6. The SMILES string of the molecule is CCCCCCCCCCCCCC/C=C\CCCCCCCCCC(O)C(=O)NC(CO)C(O)C(O)CCCCCCCCCCCCCCCCCC. The first kappa shape index (κ1) is 54.0. The van der Waals surface area contributed by atoms with Crippen LogP contribution in [0, 0.1) is 0 Å². The molecule has 0 heterocycles. The van der Waals surface area contributed by atoms with Crippen LogP contribution in [0.25, 0.3) is 0 Å². The molecule has 0 bridgehead atoms. The van der Waals surface area contributed by atoms with Crippen LogP contribution in [0.15, 0.2) is 12.2 Å². The smallest absolute Gasteiger partial charge is 0.249 e. The summed E-state index contributed by atoms with van der Waals surface area (Å²) in [7, 11) is 0. The predicted molar refractivity (Wildman–Crippen MR) is 238 cm³/mol. The minimum Gasteiger partial charge on any atom is -0.394 e. The number of aliphatic hydroxyl groups excluding tert-OH is 4. The molecule has 6 heteroatoms. The van der Waals surface area contributed by atoms with Gasteiger partial charge in [-0.15, -0.1) is 0 Å². The number of aliphatic hydroxyl groups is 4. The number of carbonyl (C=O) groups excluding carboxylic acids is 1. The van der Waals surface area contributed by atoms with Gasteiger partial charge in [0.2, 0.25) is 5.91 Å². The van der Waals surface area contributed by atoms with Crippen LogP contribution in [-0.4, -0.2) is 57.3 Å². The Balaban J connectivity index is 3.67. The van der Waals surface area contributed by atoms with Crippen molar-refractivity contribution in [1.29, 1.82) is 0 Å². The van der Waals surface area contributed by atoms with Gasteiger partial charge in [0.1, 0.15) is 12.2 Å². The van der Waals surface area contributed by atoms with E-state index in [4.69, 9.17) is 0 Å². The van der Waals surface area contributed by atoms with Crippen LogP contribution < -0.4 is 5.32 Å². The fourth-order valence-corrected chi connectivity index (χ4v) is 7.81. The highest BCUT2D eigenvalue weighted by molar-refractivity contribution is 5.80. The molecule has 5 N–H and O–H groups in total. The van der Waals surface area contributed by atoms with E-state index in [0.717, 1.165) is 38.5 Å². The molecule has 1 amide bonds. The fraction of sp³-hybridized carbons (Fsp3) is 0.939. The molecule has 0 rings (SSSR count). The zero-order valence-electron chi connectivity index (χ0n) is 36.9. The van der Waals surface area contributed by atoms with Crippen molar-refractivity contribution in [3.8, 4) is 0 Å². The summed E-state index contributed by atoms with van der Waals surface area (Å²) in [6, 6.07) is -0.984. The number of amides is 1. The largest absolute Gasteiger partial charge is 0.394 e. The van der Waals surface area contributed by atoms with E-state index in [2.05, 4.69) is 31.3 Å². The fourth-order valence-electron chi connectivity index (χ4n) is 7.81. The maximum atomic E-state index is 12.5. The van der Waals surface area contributed by atoms with E-state index in [9.17, 15) is 25.2 Å². The van der Waals surface area contributed by atoms with Crippen LogP contribution in [0.5, 0.6) is 0 Å². The summed E-state index contributed by atoms with van der Waals surface area (Å²) in [6.45, 7) is 4.07. The first-order valence-corrected chi connectivity index (χ1v) is 24.6. The number of nitrogens with one attached hydrogen (secondary N) is 1. The van der Waals surface area contributed by atoms with Crippen molar-refractivity contribution < 1.29 is 25.2 Å². The molecule has 0 aliphatic heterocycles. The van der Waals surface area contributed by atoms with Crippen molar-refractivity contribution in [2.75, 3.05) is 6.61 Å². The second-order valence-electron chi connectivity index (χ2n) is 17.2. The molecule has 4 unspecified atom stereocenters. The lowest BCUT2D eigenvalue weighted by Gasteiger charge is -2.27. The van der Waals surface area contributed by atoms with E-state index in [-0.39, 0.29) is 0 Å². The van der Waals surface area contributed by atoms with Crippen LogP contribution in [0.2, 0.25) is 0 Å². The summed E-state index contributed by atoms with van der Waals surface area (Å²) >= 11 is 0. The van der Waals surface area contributed by atoms with Gasteiger partial charge < -0.3 is 25.7 Å². The van der Waals surface area contributed by atoms with Crippen LogP contribution >= 0.6 is 0 Å². The molecule has 0 saturated heterocycles. The number of rotatable bonds is 45. The molecule has 0 aromatic heterocycles. The summed E-state index contributed by atoms with van der Waals surface area (Å²) in [5.74, 6) is -0.584. The monoisotopic (exact) mass is 780 g/mol. The summed E-state index contributed by atoms with van der Waals surface area (Å²) in [6.07, 6.45) is 49.6. The molecule has 0 aromatic rings. The van der Waals surface area contributed by atoms with Crippen LogP contribution in [-0.2, 0) is 4.79 Å². The van der Waals surface area contributed by atoms with Gasteiger partial charge in [0.15, 0.2) is 0 Å². The molecule has 0 aromatic carbocycles. The highest BCUT2D eigenvalue weighted by atomic mass is 16.3.